The molecule has 2 heterocycles. The highest BCUT2D eigenvalue weighted by molar-refractivity contribution is 5.58. The van der Waals surface area contributed by atoms with Crippen LogP contribution in [0.5, 0.6) is 0 Å². The minimum absolute atomic E-state index is 0.350. The van der Waals surface area contributed by atoms with E-state index >= 15 is 0 Å². The molecule has 1 aliphatic heterocycles. The fraction of sp³-hybridized carbons (Fsp3) is 0.450. The summed E-state index contributed by atoms with van der Waals surface area (Å²) in [6.07, 6.45) is 2.96. The number of nitrogens with one attached hydrogen (secondary N) is 1. The van der Waals surface area contributed by atoms with Gasteiger partial charge < -0.3 is 10.2 Å². The van der Waals surface area contributed by atoms with Gasteiger partial charge in [0.2, 0.25) is 5.95 Å². The maximum atomic E-state index is 9.09. The largest absolute Gasteiger partial charge is 0.355 e. The highest BCUT2D eigenvalue weighted by atomic mass is 15.4. The summed E-state index contributed by atoms with van der Waals surface area (Å²) in [4.78, 5) is 11.7. The molecular formula is C20H27N7. The molecule has 1 saturated heterocycles. The van der Waals surface area contributed by atoms with Crippen LogP contribution in [-0.2, 0) is 6.42 Å². The molecule has 3 rings (SSSR count). The highest BCUT2D eigenvalue weighted by Gasteiger charge is 2.27. The zero-order valence-electron chi connectivity index (χ0n) is 16.0. The third-order valence-electron chi connectivity index (χ3n) is 4.84. The Bertz CT molecular complexity index is 814. The molecule has 7 heteroatoms. The van der Waals surface area contributed by atoms with E-state index in [1.54, 1.807) is 12.1 Å². The Morgan fingerprint density at radius 3 is 2.93 bits per heavy atom. The molecule has 2 aromatic rings. The van der Waals surface area contributed by atoms with Crippen LogP contribution in [-0.4, -0.2) is 40.7 Å². The van der Waals surface area contributed by atoms with Gasteiger partial charge >= 0.3 is 0 Å². The lowest BCUT2D eigenvalue weighted by Crippen LogP contribution is -2.42. The van der Waals surface area contributed by atoms with Gasteiger partial charge in [-0.05, 0) is 31.0 Å². The maximum Gasteiger partial charge on any atom is 0.229 e. The van der Waals surface area contributed by atoms with Gasteiger partial charge in [-0.15, -0.1) is 0 Å². The minimum Gasteiger partial charge on any atom is -0.355 e. The van der Waals surface area contributed by atoms with Gasteiger partial charge in [-0.25, -0.2) is 9.99 Å². The van der Waals surface area contributed by atoms with Crippen molar-refractivity contribution in [2.24, 2.45) is 5.84 Å². The monoisotopic (exact) mass is 365 g/mol. The number of nitrogens with two attached hydrogens (primary N) is 1. The lowest BCUT2D eigenvalue weighted by molar-refractivity contribution is 0.227. The van der Waals surface area contributed by atoms with Crippen molar-refractivity contribution in [1.82, 2.24) is 15.0 Å². The summed E-state index contributed by atoms with van der Waals surface area (Å²) in [6, 6.07) is 11.9. The fourth-order valence-corrected chi connectivity index (χ4v) is 3.36. The van der Waals surface area contributed by atoms with Crippen LogP contribution in [0.1, 0.15) is 37.9 Å². The Balaban J connectivity index is 1.83. The van der Waals surface area contributed by atoms with E-state index in [4.69, 9.17) is 16.1 Å². The summed E-state index contributed by atoms with van der Waals surface area (Å²) in [5.74, 6) is 7.59. The summed E-state index contributed by atoms with van der Waals surface area (Å²) < 4.78 is 0. The lowest BCUT2D eigenvalue weighted by atomic mass is 10.2. The van der Waals surface area contributed by atoms with Crippen LogP contribution in [0, 0.1) is 11.3 Å². The second kappa shape index (κ2) is 8.80. The summed E-state index contributed by atoms with van der Waals surface area (Å²) in [6.45, 7) is 6.86. The lowest BCUT2D eigenvalue weighted by Gasteiger charge is -2.23. The van der Waals surface area contributed by atoms with Crippen LogP contribution < -0.4 is 16.1 Å². The fourth-order valence-electron chi connectivity index (χ4n) is 3.36. The number of rotatable bonds is 7. The first-order valence-electron chi connectivity index (χ1n) is 9.54. The Morgan fingerprint density at radius 1 is 1.33 bits per heavy atom. The van der Waals surface area contributed by atoms with Crippen molar-refractivity contribution in [1.29, 1.82) is 5.26 Å². The van der Waals surface area contributed by atoms with Gasteiger partial charge in [0.1, 0.15) is 5.82 Å². The van der Waals surface area contributed by atoms with E-state index in [1.807, 2.05) is 17.1 Å². The van der Waals surface area contributed by atoms with Crippen molar-refractivity contribution in [3.8, 4) is 6.07 Å². The van der Waals surface area contributed by atoms with Crippen molar-refractivity contribution < 1.29 is 0 Å². The quantitative estimate of drug-likeness (QED) is 0.575. The van der Waals surface area contributed by atoms with Crippen LogP contribution in [0.2, 0.25) is 0 Å². The summed E-state index contributed by atoms with van der Waals surface area (Å²) >= 11 is 0. The van der Waals surface area contributed by atoms with Gasteiger partial charge in [-0.1, -0.05) is 26.3 Å². The van der Waals surface area contributed by atoms with E-state index in [-0.39, 0.29) is 0 Å². The van der Waals surface area contributed by atoms with Crippen molar-refractivity contribution in [2.45, 2.75) is 39.2 Å². The summed E-state index contributed by atoms with van der Waals surface area (Å²) in [7, 11) is 0. The topological polar surface area (TPSA) is 94.1 Å². The number of aromatic nitrogens is 2. The van der Waals surface area contributed by atoms with Gasteiger partial charge in [0, 0.05) is 43.1 Å². The second-order valence-electron chi connectivity index (χ2n) is 6.83. The summed E-state index contributed by atoms with van der Waals surface area (Å²) in [5.41, 5.74) is 2.44. The van der Waals surface area contributed by atoms with E-state index in [0.29, 0.717) is 17.6 Å². The molecule has 0 aliphatic carbocycles. The van der Waals surface area contributed by atoms with Gasteiger partial charge in [0.25, 0.3) is 0 Å². The second-order valence-corrected chi connectivity index (χ2v) is 6.83. The highest BCUT2D eigenvalue weighted by Crippen LogP contribution is 2.24. The number of aryl methyl sites for hydroxylation is 1. The predicted molar refractivity (Wildman–Crippen MR) is 108 cm³/mol. The number of hydrogen-bond donors (Lipinski definition) is 2. The molecule has 0 spiro atoms. The van der Waals surface area contributed by atoms with Gasteiger partial charge in [-0.3, -0.25) is 5.84 Å². The average molecular weight is 365 g/mol. The van der Waals surface area contributed by atoms with Crippen LogP contribution >= 0.6 is 0 Å². The van der Waals surface area contributed by atoms with E-state index in [2.05, 4.69) is 41.2 Å². The molecule has 142 valence electrons. The first-order valence-corrected chi connectivity index (χ1v) is 9.54. The van der Waals surface area contributed by atoms with Crippen molar-refractivity contribution in [2.75, 3.05) is 29.9 Å². The van der Waals surface area contributed by atoms with Crippen LogP contribution in [0.3, 0.4) is 0 Å². The maximum absolute atomic E-state index is 9.09. The average Bonchev–Trinajstić information content (AvgIpc) is 3.18. The number of nitrogens with zero attached hydrogens (tertiary/aromatic N) is 5. The minimum atomic E-state index is 0.350. The number of nitriles is 1. The van der Waals surface area contributed by atoms with E-state index in [9.17, 15) is 0 Å². The number of hydrazine groups is 1. The van der Waals surface area contributed by atoms with Crippen LogP contribution in [0.25, 0.3) is 0 Å². The molecule has 3 N–H and O–H groups in total. The Hall–Kier alpha value is -2.69. The molecule has 1 atom stereocenters. The van der Waals surface area contributed by atoms with Gasteiger partial charge in [-0.2, -0.15) is 10.2 Å². The van der Waals surface area contributed by atoms with E-state index < -0.39 is 0 Å². The number of benzene rings is 1. The van der Waals surface area contributed by atoms with Gasteiger partial charge in [0.05, 0.1) is 11.6 Å². The number of anilines is 3. The molecular weight excluding hydrogens is 338 g/mol. The molecule has 0 amide bonds. The first kappa shape index (κ1) is 19.1. The standard InChI is InChI=1S/C20H27N7/c1-3-6-16-12-19(26-10-9-18(14-26)27(22)4-2)25-20(23-16)24-17-8-5-7-15(11-17)13-21/h5,7-8,11-12,18H,3-4,6,9-10,14,22H2,1-2H3,(H,23,24,25)/t18-/m0/s1. The third-order valence-corrected chi connectivity index (χ3v) is 4.84. The number of hydrogen-bond acceptors (Lipinski definition) is 7. The Morgan fingerprint density at radius 2 is 2.19 bits per heavy atom. The molecule has 0 radical (unpaired) electrons. The molecule has 7 nitrogen and oxygen atoms in total. The molecule has 0 saturated carbocycles. The first-order chi connectivity index (χ1) is 13.1. The molecule has 1 fully saturated rings. The van der Waals surface area contributed by atoms with Crippen LogP contribution in [0.15, 0.2) is 30.3 Å². The summed E-state index contributed by atoms with van der Waals surface area (Å²) in [5, 5.41) is 14.2. The van der Waals surface area contributed by atoms with Crippen molar-refractivity contribution in [3.63, 3.8) is 0 Å². The Labute approximate surface area is 160 Å². The van der Waals surface area contributed by atoms with Crippen molar-refractivity contribution in [3.05, 3.63) is 41.6 Å². The van der Waals surface area contributed by atoms with Gasteiger partial charge in [0.15, 0.2) is 0 Å². The van der Waals surface area contributed by atoms with E-state index in [1.165, 1.54) is 0 Å². The smallest absolute Gasteiger partial charge is 0.229 e. The SMILES string of the molecule is CCCc1cc(N2CC[C@H](N(N)CC)C2)nc(Nc2cccc(C#N)c2)n1. The van der Waals surface area contributed by atoms with Crippen molar-refractivity contribution >= 4 is 17.5 Å². The predicted octanol–water partition coefficient (Wildman–Crippen LogP) is 2.82. The molecule has 0 unspecified atom stereocenters. The molecule has 1 aromatic carbocycles. The third kappa shape index (κ3) is 4.73. The van der Waals surface area contributed by atoms with Crippen LogP contribution in [0.4, 0.5) is 17.5 Å². The normalized spacial score (nSPS) is 16.6. The molecule has 1 aromatic heterocycles. The molecule has 27 heavy (non-hydrogen) atoms. The Kier molecular flexibility index (Phi) is 6.22. The number of likely N-dealkylation sites (N-methyl/N-ethyl adjacent to an activating group) is 1. The molecule has 1 aliphatic rings. The zero-order chi connectivity index (χ0) is 19.2. The zero-order valence-corrected chi connectivity index (χ0v) is 16.0. The molecule has 0 bridgehead atoms. The van der Waals surface area contributed by atoms with E-state index in [0.717, 1.165) is 56.1 Å².